The number of methoxy groups -OCH3 is 1. The molecule has 1 aliphatic heterocycles. The molecule has 1 aromatic rings. The second-order valence-electron chi connectivity index (χ2n) is 4.38. The molecule has 0 saturated heterocycles. The molecule has 1 N–H and O–H groups in total. The monoisotopic (exact) mass is 232 g/mol. The number of amides is 1. The third-order valence-electron chi connectivity index (χ3n) is 2.77. The SMILES string of the molecule is COc1ccc(C2=NC(C(C)C)C(=O)N2)cc1. The standard InChI is InChI=1S/C13H16N2O2/c1-8(2)11-13(16)15-12(14-11)9-4-6-10(17-3)7-5-9/h4-8,11H,1-3H3,(H,14,15,16). The summed E-state index contributed by atoms with van der Waals surface area (Å²) in [5.41, 5.74) is 0.905. The number of nitrogens with zero attached hydrogens (tertiary/aromatic N) is 1. The lowest BCUT2D eigenvalue weighted by Gasteiger charge is -2.06. The van der Waals surface area contributed by atoms with Crippen molar-refractivity contribution in [2.45, 2.75) is 19.9 Å². The van der Waals surface area contributed by atoms with Crippen LogP contribution in [0.3, 0.4) is 0 Å². The number of amidine groups is 1. The number of carbonyl (C=O) groups is 1. The van der Waals surface area contributed by atoms with Gasteiger partial charge in [0.1, 0.15) is 17.6 Å². The molecule has 1 heterocycles. The molecule has 2 rings (SSSR count). The largest absolute Gasteiger partial charge is 0.497 e. The number of aliphatic imine (C=N–C) groups is 1. The van der Waals surface area contributed by atoms with Crippen molar-refractivity contribution in [3.8, 4) is 5.75 Å². The van der Waals surface area contributed by atoms with Crippen molar-refractivity contribution in [2.75, 3.05) is 7.11 Å². The molecule has 0 fully saturated rings. The predicted molar refractivity (Wildman–Crippen MR) is 66.3 cm³/mol. The number of hydrogen-bond donors (Lipinski definition) is 1. The molecule has 1 atom stereocenters. The number of ether oxygens (including phenoxy) is 1. The zero-order valence-corrected chi connectivity index (χ0v) is 10.2. The van der Waals surface area contributed by atoms with E-state index in [9.17, 15) is 4.79 Å². The molecule has 0 radical (unpaired) electrons. The molecule has 1 aliphatic rings. The summed E-state index contributed by atoms with van der Waals surface area (Å²) in [6.45, 7) is 3.98. The minimum atomic E-state index is -0.271. The Balaban J connectivity index is 2.23. The van der Waals surface area contributed by atoms with E-state index < -0.39 is 0 Å². The van der Waals surface area contributed by atoms with E-state index in [1.54, 1.807) is 7.11 Å². The van der Waals surface area contributed by atoms with Crippen molar-refractivity contribution in [1.82, 2.24) is 5.32 Å². The van der Waals surface area contributed by atoms with Crippen LogP contribution in [0.1, 0.15) is 19.4 Å². The molecule has 1 aromatic carbocycles. The van der Waals surface area contributed by atoms with Crippen molar-refractivity contribution < 1.29 is 9.53 Å². The zero-order valence-electron chi connectivity index (χ0n) is 10.2. The van der Waals surface area contributed by atoms with E-state index in [4.69, 9.17) is 4.74 Å². The Morgan fingerprint density at radius 3 is 2.41 bits per heavy atom. The van der Waals surface area contributed by atoms with Crippen molar-refractivity contribution in [2.24, 2.45) is 10.9 Å². The molecule has 17 heavy (non-hydrogen) atoms. The van der Waals surface area contributed by atoms with Gasteiger partial charge >= 0.3 is 0 Å². The van der Waals surface area contributed by atoms with E-state index in [1.807, 2.05) is 38.1 Å². The number of rotatable bonds is 3. The summed E-state index contributed by atoms with van der Waals surface area (Å²) in [7, 11) is 1.62. The highest BCUT2D eigenvalue weighted by Crippen LogP contribution is 2.17. The van der Waals surface area contributed by atoms with Gasteiger partial charge in [-0.3, -0.25) is 9.79 Å². The Morgan fingerprint density at radius 1 is 1.29 bits per heavy atom. The van der Waals surface area contributed by atoms with E-state index in [2.05, 4.69) is 10.3 Å². The van der Waals surface area contributed by atoms with Gasteiger partial charge in [0.2, 0.25) is 0 Å². The van der Waals surface area contributed by atoms with E-state index in [1.165, 1.54) is 0 Å². The third-order valence-corrected chi connectivity index (χ3v) is 2.77. The first kappa shape index (κ1) is 11.6. The summed E-state index contributed by atoms with van der Waals surface area (Å²) in [5, 5.41) is 2.81. The van der Waals surface area contributed by atoms with Crippen LogP contribution in [0, 0.1) is 5.92 Å². The van der Waals surface area contributed by atoms with Crippen LogP contribution >= 0.6 is 0 Å². The van der Waals surface area contributed by atoms with E-state index >= 15 is 0 Å². The maximum atomic E-state index is 11.7. The predicted octanol–water partition coefficient (Wildman–Crippen LogP) is 1.60. The van der Waals surface area contributed by atoms with Gasteiger partial charge in [-0.15, -0.1) is 0 Å². The van der Waals surface area contributed by atoms with Crippen LogP contribution in [0.15, 0.2) is 29.3 Å². The second kappa shape index (κ2) is 4.57. The van der Waals surface area contributed by atoms with Crippen LogP contribution < -0.4 is 10.1 Å². The van der Waals surface area contributed by atoms with Crippen molar-refractivity contribution in [1.29, 1.82) is 0 Å². The first-order chi connectivity index (χ1) is 8.11. The van der Waals surface area contributed by atoms with Gasteiger partial charge in [0, 0.05) is 5.56 Å². The molecule has 4 heteroatoms. The van der Waals surface area contributed by atoms with Gasteiger partial charge in [0.15, 0.2) is 0 Å². The highest BCUT2D eigenvalue weighted by molar-refractivity contribution is 6.13. The highest BCUT2D eigenvalue weighted by Gasteiger charge is 2.29. The van der Waals surface area contributed by atoms with Gasteiger partial charge < -0.3 is 10.1 Å². The Bertz CT molecular complexity index is 449. The van der Waals surface area contributed by atoms with Crippen LogP contribution in [0.25, 0.3) is 0 Å². The minimum absolute atomic E-state index is 0.0224. The summed E-state index contributed by atoms with van der Waals surface area (Å²) in [5.74, 6) is 1.63. The van der Waals surface area contributed by atoms with Crippen molar-refractivity contribution >= 4 is 11.7 Å². The lowest BCUT2D eigenvalue weighted by atomic mass is 10.1. The van der Waals surface area contributed by atoms with Gasteiger partial charge in [0.25, 0.3) is 5.91 Å². The van der Waals surface area contributed by atoms with Crippen LogP contribution in [-0.4, -0.2) is 24.9 Å². The van der Waals surface area contributed by atoms with Gasteiger partial charge in [-0.05, 0) is 30.2 Å². The van der Waals surface area contributed by atoms with E-state index in [-0.39, 0.29) is 17.9 Å². The fourth-order valence-corrected chi connectivity index (χ4v) is 1.77. The Hall–Kier alpha value is -1.84. The average molecular weight is 232 g/mol. The van der Waals surface area contributed by atoms with Gasteiger partial charge in [-0.1, -0.05) is 13.8 Å². The summed E-state index contributed by atoms with van der Waals surface area (Å²) in [6.07, 6.45) is 0. The lowest BCUT2D eigenvalue weighted by Crippen LogP contribution is -2.31. The summed E-state index contributed by atoms with van der Waals surface area (Å²) in [4.78, 5) is 16.1. The molecule has 0 saturated carbocycles. The minimum Gasteiger partial charge on any atom is -0.497 e. The lowest BCUT2D eigenvalue weighted by molar-refractivity contribution is -0.120. The molecule has 1 amide bonds. The Morgan fingerprint density at radius 2 is 1.94 bits per heavy atom. The fraction of sp³-hybridized carbons (Fsp3) is 0.385. The van der Waals surface area contributed by atoms with Crippen LogP contribution in [-0.2, 0) is 4.79 Å². The Labute approximate surface area is 101 Å². The van der Waals surface area contributed by atoms with Crippen LogP contribution in [0.4, 0.5) is 0 Å². The maximum absolute atomic E-state index is 11.7. The molecule has 4 nitrogen and oxygen atoms in total. The second-order valence-corrected chi connectivity index (χ2v) is 4.38. The average Bonchev–Trinajstić information content (AvgIpc) is 2.71. The molecular weight excluding hydrogens is 216 g/mol. The Kier molecular flexibility index (Phi) is 3.13. The number of hydrogen-bond acceptors (Lipinski definition) is 3. The van der Waals surface area contributed by atoms with Crippen LogP contribution in [0.2, 0.25) is 0 Å². The first-order valence-electron chi connectivity index (χ1n) is 5.65. The molecule has 0 aromatic heterocycles. The summed E-state index contributed by atoms with van der Waals surface area (Å²) < 4.78 is 5.09. The molecule has 0 bridgehead atoms. The molecule has 90 valence electrons. The normalized spacial score (nSPS) is 19.2. The summed E-state index contributed by atoms with van der Waals surface area (Å²) in [6, 6.07) is 7.22. The first-order valence-corrected chi connectivity index (χ1v) is 5.65. The molecular formula is C13H16N2O2. The van der Waals surface area contributed by atoms with Gasteiger partial charge in [-0.25, -0.2) is 0 Å². The zero-order chi connectivity index (χ0) is 12.4. The van der Waals surface area contributed by atoms with Crippen molar-refractivity contribution in [3.63, 3.8) is 0 Å². The van der Waals surface area contributed by atoms with Crippen LogP contribution in [0.5, 0.6) is 5.75 Å². The number of nitrogens with one attached hydrogen (secondary N) is 1. The number of carbonyl (C=O) groups excluding carboxylic acids is 1. The van der Waals surface area contributed by atoms with Gasteiger partial charge in [-0.2, -0.15) is 0 Å². The topological polar surface area (TPSA) is 50.7 Å². The van der Waals surface area contributed by atoms with Gasteiger partial charge in [0.05, 0.1) is 7.11 Å². The van der Waals surface area contributed by atoms with Crippen molar-refractivity contribution in [3.05, 3.63) is 29.8 Å². The summed E-state index contributed by atoms with van der Waals surface area (Å²) >= 11 is 0. The number of benzene rings is 1. The maximum Gasteiger partial charge on any atom is 0.250 e. The quantitative estimate of drug-likeness (QED) is 0.860. The van der Waals surface area contributed by atoms with E-state index in [0.717, 1.165) is 11.3 Å². The third kappa shape index (κ3) is 2.30. The molecule has 1 unspecified atom stereocenters. The smallest absolute Gasteiger partial charge is 0.250 e. The fourth-order valence-electron chi connectivity index (χ4n) is 1.77. The molecule has 0 aliphatic carbocycles. The highest BCUT2D eigenvalue weighted by atomic mass is 16.5. The molecule has 0 spiro atoms. The van der Waals surface area contributed by atoms with E-state index in [0.29, 0.717) is 5.84 Å².